The Bertz CT molecular complexity index is 761. The van der Waals surface area contributed by atoms with Gasteiger partial charge in [-0.05, 0) is 35.0 Å². The quantitative estimate of drug-likeness (QED) is 0.678. The van der Waals surface area contributed by atoms with Gasteiger partial charge in [-0.3, -0.25) is 4.68 Å². The largest absolute Gasteiger partial charge is 0.305 e. The molecule has 7 heteroatoms. The molecule has 0 aliphatic rings. The summed E-state index contributed by atoms with van der Waals surface area (Å²) in [5.74, 6) is 0.813. The van der Waals surface area contributed by atoms with Crippen LogP contribution < -0.4 is 0 Å². The topological polar surface area (TPSA) is 48.5 Å². The van der Waals surface area contributed by atoms with E-state index in [0.29, 0.717) is 6.54 Å². The highest BCUT2D eigenvalue weighted by Gasteiger charge is 2.17. The molecule has 3 aromatic heterocycles. The Morgan fingerprint density at radius 3 is 2.90 bits per heavy atom. The van der Waals surface area contributed by atoms with Crippen LogP contribution in [0.1, 0.15) is 23.8 Å². The predicted octanol–water partition coefficient (Wildman–Crippen LogP) is 3.28. The van der Waals surface area contributed by atoms with Crippen LogP contribution in [-0.4, -0.2) is 24.3 Å². The summed E-state index contributed by atoms with van der Waals surface area (Å²) in [6.45, 7) is 2.56. The molecule has 0 saturated heterocycles. The van der Waals surface area contributed by atoms with Crippen LogP contribution in [0.25, 0.3) is 11.2 Å². The van der Waals surface area contributed by atoms with Gasteiger partial charge in [0.05, 0.1) is 17.6 Å². The van der Waals surface area contributed by atoms with Crippen LogP contribution in [0.5, 0.6) is 0 Å². The Hall–Kier alpha value is -1.40. The number of hydrogen-bond donors (Lipinski definition) is 0. The number of fused-ring (bicyclic) bond motifs is 1. The summed E-state index contributed by atoms with van der Waals surface area (Å²) < 4.78 is 4.79. The van der Waals surface area contributed by atoms with Crippen molar-refractivity contribution < 1.29 is 0 Å². The number of rotatable bonds is 3. The molecule has 0 saturated carbocycles. The third-order valence-electron chi connectivity index (χ3n) is 3.18. The molecule has 20 heavy (non-hydrogen) atoms. The molecule has 0 aliphatic carbocycles. The Morgan fingerprint density at radius 1 is 1.45 bits per heavy atom. The van der Waals surface area contributed by atoms with Crippen LogP contribution in [0.4, 0.5) is 0 Å². The fourth-order valence-corrected chi connectivity index (χ4v) is 2.67. The zero-order valence-electron chi connectivity index (χ0n) is 11.1. The van der Waals surface area contributed by atoms with E-state index in [2.05, 4.69) is 31.0 Å². The maximum atomic E-state index is 6.25. The van der Waals surface area contributed by atoms with Crippen molar-refractivity contribution in [2.45, 2.75) is 18.8 Å². The second kappa shape index (κ2) is 5.18. The van der Waals surface area contributed by atoms with E-state index in [1.807, 2.05) is 35.4 Å². The summed E-state index contributed by atoms with van der Waals surface area (Å²) in [4.78, 5) is 9.05. The van der Waals surface area contributed by atoms with Crippen molar-refractivity contribution in [1.29, 1.82) is 0 Å². The summed E-state index contributed by atoms with van der Waals surface area (Å²) in [6, 6.07) is 3.93. The minimum Gasteiger partial charge on any atom is -0.305 e. The number of alkyl halides is 1. The SMILES string of the molecule is CC(Cl)c1nc2cc(Br)cnc2n1Cc1ccnn1C. The number of aromatic nitrogens is 5. The van der Waals surface area contributed by atoms with Crippen LogP contribution in [-0.2, 0) is 13.6 Å². The van der Waals surface area contributed by atoms with E-state index in [0.717, 1.165) is 27.2 Å². The van der Waals surface area contributed by atoms with Crippen molar-refractivity contribution in [3.63, 3.8) is 0 Å². The van der Waals surface area contributed by atoms with Gasteiger partial charge >= 0.3 is 0 Å². The standard InChI is InChI=1S/C13H13BrClN5/c1-8(15)12-18-11-5-9(14)6-16-13(11)20(12)7-10-3-4-17-19(10)2/h3-6,8H,7H2,1-2H3. The van der Waals surface area contributed by atoms with E-state index in [1.54, 1.807) is 12.4 Å². The summed E-state index contributed by atoms with van der Waals surface area (Å²) in [7, 11) is 1.92. The summed E-state index contributed by atoms with van der Waals surface area (Å²) in [5.41, 5.74) is 2.74. The molecule has 1 unspecified atom stereocenters. The Balaban J connectivity index is 2.16. The van der Waals surface area contributed by atoms with Gasteiger partial charge in [0.2, 0.25) is 0 Å². The number of pyridine rings is 1. The molecule has 0 aromatic carbocycles. The van der Waals surface area contributed by atoms with E-state index < -0.39 is 0 Å². The first kappa shape index (κ1) is 13.6. The van der Waals surface area contributed by atoms with Gasteiger partial charge in [0.25, 0.3) is 0 Å². The highest BCUT2D eigenvalue weighted by Crippen LogP contribution is 2.25. The number of hydrogen-bond acceptors (Lipinski definition) is 3. The molecule has 3 rings (SSSR count). The second-order valence-electron chi connectivity index (χ2n) is 4.61. The van der Waals surface area contributed by atoms with Crippen molar-refractivity contribution in [2.75, 3.05) is 0 Å². The van der Waals surface area contributed by atoms with Crippen LogP contribution in [0, 0.1) is 0 Å². The second-order valence-corrected chi connectivity index (χ2v) is 6.18. The highest BCUT2D eigenvalue weighted by molar-refractivity contribution is 9.10. The van der Waals surface area contributed by atoms with E-state index in [-0.39, 0.29) is 5.38 Å². The first-order valence-electron chi connectivity index (χ1n) is 6.19. The smallest absolute Gasteiger partial charge is 0.160 e. The average molecular weight is 355 g/mol. The fourth-order valence-electron chi connectivity index (χ4n) is 2.18. The van der Waals surface area contributed by atoms with Gasteiger partial charge < -0.3 is 4.57 Å². The lowest BCUT2D eigenvalue weighted by molar-refractivity contribution is 0.651. The molecule has 0 aliphatic heterocycles. The van der Waals surface area contributed by atoms with Crippen LogP contribution in [0.3, 0.4) is 0 Å². The molecule has 0 spiro atoms. The molecule has 3 aromatic rings. The Kier molecular flexibility index (Phi) is 3.52. The maximum Gasteiger partial charge on any atom is 0.160 e. The molecule has 0 radical (unpaired) electrons. The third-order valence-corrected chi connectivity index (χ3v) is 3.81. The summed E-state index contributed by atoms with van der Waals surface area (Å²) in [6.07, 6.45) is 3.55. The first-order chi connectivity index (χ1) is 9.56. The number of imidazole rings is 1. The molecule has 5 nitrogen and oxygen atoms in total. The molecule has 0 bridgehead atoms. The van der Waals surface area contributed by atoms with Gasteiger partial charge in [0.1, 0.15) is 11.3 Å². The molecular weight excluding hydrogens is 342 g/mol. The maximum absolute atomic E-state index is 6.25. The van der Waals surface area contributed by atoms with Crippen molar-refractivity contribution in [2.24, 2.45) is 7.05 Å². The number of aryl methyl sites for hydroxylation is 1. The van der Waals surface area contributed by atoms with Gasteiger partial charge in [0.15, 0.2) is 5.65 Å². The Labute approximate surface area is 129 Å². The fraction of sp³-hybridized carbons (Fsp3) is 0.308. The first-order valence-corrected chi connectivity index (χ1v) is 7.42. The number of halogens is 2. The number of nitrogens with zero attached hydrogens (tertiary/aromatic N) is 5. The van der Waals surface area contributed by atoms with Crippen molar-refractivity contribution in [3.05, 3.63) is 40.5 Å². The summed E-state index contributed by atoms with van der Waals surface area (Å²) in [5, 5.41) is 4.00. The van der Waals surface area contributed by atoms with Crippen LogP contribution >= 0.6 is 27.5 Å². The zero-order chi connectivity index (χ0) is 14.3. The van der Waals surface area contributed by atoms with E-state index in [4.69, 9.17) is 11.6 Å². The van der Waals surface area contributed by atoms with Gasteiger partial charge in [-0.25, -0.2) is 9.97 Å². The molecule has 104 valence electrons. The predicted molar refractivity (Wildman–Crippen MR) is 81.8 cm³/mol. The lowest BCUT2D eigenvalue weighted by atomic mass is 10.3. The van der Waals surface area contributed by atoms with Crippen molar-refractivity contribution in [3.8, 4) is 0 Å². The molecule has 0 N–H and O–H groups in total. The average Bonchev–Trinajstić information content (AvgIpc) is 2.95. The van der Waals surface area contributed by atoms with Crippen molar-refractivity contribution >= 4 is 38.7 Å². The highest BCUT2D eigenvalue weighted by atomic mass is 79.9. The Morgan fingerprint density at radius 2 is 2.25 bits per heavy atom. The lowest BCUT2D eigenvalue weighted by Gasteiger charge is -2.10. The lowest BCUT2D eigenvalue weighted by Crippen LogP contribution is -2.09. The molecular formula is C13H13BrClN5. The summed E-state index contributed by atoms with van der Waals surface area (Å²) >= 11 is 9.67. The molecule has 3 heterocycles. The van der Waals surface area contributed by atoms with Gasteiger partial charge in [-0.1, -0.05) is 0 Å². The molecule has 0 fully saturated rings. The van der Waals surface area contributed by atoms with Crippen molar-refractivity contribution in [1.82, 2.24) is 24.3 Å². The monoisotopic (exact) mass is 353 g/mol. The zero-order valence-corrected chi connectivity index (χ0v) is 13.4. The van der Waals surface area contributed by atoms with Gasteiger partial charge in [0, 0.05) is 23.9 Å². The van der Waals surface area contributed by atoms with E-state index in [9.17, 15) is 0 Å². The van der Waals surface area contributed by atoms with E-state index >= 15 is 0 Å². The van der Waals surface area contributed by atoms with E-state index in [1.165, 1.54) is 0 Å². The van der Waals surface area contributed by atoms with Crippen LogP contribution in [0.15, 0.2) is 29.0 Å². The van der Waals surface area contributed by atoms with Gasteiger partial charge in [-0.15, -0.1) is 11.6 Å². The minimum absolute atomic E-state index is 0.184. The normalized spacial score (nSPS) is 13.0. The van der Waals surface area contributed by atoms with Crippen LogP contribution in [0.2, 0.25) is 0 Å². The van der Waals surface area contributed by atoms with Gasteiger partial charge in [-0.2, -0.15) is 5.10 Å². The minimum atomic E-state index is -0.184. The molecule has 1 atom stereocenters. The third kappa shape index (κ3) is 2.33. The molecule has 0 amide bonds.